The smallest absolute Gasteiger partial charge is 0.123 e. The summed E-state index contributed by atoms with van der Waals surface area (Å²) >= 11 is 11.9. The Morgan fingerprint density at radius 2 is 1.85 bits per heavy atom. The highest BCUT2D eigenvalue weighted by molar-refractivity contribution is 6.42. The topological polar surface area (TPSA) is 41.9 Å². The van der Waals surface area contributed by atoms with E-state index in [1.54, 1.807) is 30.3 Å². The number of β-amino-alcohol motifs (C(OH)–C–C–N with tert-alkyl or cyclic N) is 1. The van der Waals surface area contributed by atoms with Crippen LogP contribution in [-0.2, 0) is 0 Å². The number of hydrogen-bond acceptors (Lipinski definition) is 4. The number of hydrogen-bond donors (Lipinski definition) is 1. The monoisotopic (exact) mass is 399 g/mol. The Balaban J connectivity index is 1.42. The second-order valence-corrected chi connectivity index (χ2v) is 7.10. The summed E-state index contributed by atoms with van der Waals surface area (Å²) in [5.41, 5.74) is 0. The first-order valence-electron chi connectivity index (χ1n) is 8.40. The van der Waals surface area contributed by atoms with Crippen LogP contribution in [0.1, 0.15) is 6.42 Å². The van der Waals surface area contributed by atoms with Crippen molar-refractivity contribution in [1.82, 2.24) is 4.90 Å². The van der Waals surface area contributed by atoms with Gasteiger partial charge in [0.1, 0.15) is 36.1 Å². The summed E-state index contributed by atoms with van der Waals surface area (Å²) in [6.07, 6.45) is 0.271. The van der Waals surface area contributed by atoms with E-state index in [0.717, 1.165) is 13.0 Å². The van der Waals surface area contributed by atoms with Crippen LogP contribution in [0.2, 0.25) is 10.0 Å². The summed E-state index contributed by atoms with van der Waals surface area (Å²) in [7, 11) is 0. The zero-order valence-corrected chi connectivity index (χ0v) is 15.6. The second-order valence-electron chi connectivity index (χ2n) is 6.28. The number of nitrogens with zero attached hydrogens (tertiary/aromatic N) is 1. The lowest BCUT2D eigenvalue weighted by atomic mass is 10.3. The SMILES string of the molecule is OC(COc1ccc(F)cc1)CN1CCC(Oc2ccc(Cl)c(Cl)c2)C1. The molecular formula is C19H20Cl2FNO3. The minimum atomic E-state index is -0.635. The van der Waals surface area contributed by atoms with Gasteiger partial charge in [0.05, 0.1) is 10.0 Å². The van der Waals surface area contributed by atoms with E-state index in [0.29, 0.717) is 34.6 Å². The zero-order valence-electron chi connectivity index (χ0n) is 14.1. The van der Waals surface area contributed by atoms with Crippen molar-refractivity contribution in [1.29, 1.82) is 0 Å². The van der Waals surface area contributed by atoms with E-state index in [4.69, 9.17) is 32.7 Å². The van der Waals surface area contributed by atoms with Crippen molar-refractivity contribution in [3.8, 4) is 11.5 Å². The molecule has 0 aromatic heterocycles. The minimum Gasteiger partial charge on any atom is -0.491 e. The molecule has 0 radical (unpaired) electrons. The molecule has 0 aliphatic carbocycles. The molecule has 140 valence electrons. The van der Waals surface area contributed by atoms with Crippen molar-refractivity contribution in [3.63, 3.8) is 0 Å². The van der Waals surface area contributed by atoms with Crippen molar-refractivity contribution in [3.05, 3.63) is 58.3 Å². The van der Waals surface area contributed by atoms with Crippen LogP contribution in [0.25, 0.3) is 0 Å². The van der Waals surface area contributed by atoms with E-state index < -0.39 is 6.10 Å². The maximum atomic E-state index is 12.9. The molecule has 4 nitrogen and oxygen atoms in total. The minimum absolute atomic E-state index is 0.0393. The molecule has 1 aliphatic heterocycles. The van der Waals surface area contributed by atoms with Crippen LogP contribution in [0, 0.1) is 5.82 Å². The van der Waals surface area contributed by atoms with Gasteiger partial charge < -0.3 is 14.6 Å². The average Bonchev–Trinajstić information content (AvgIpc) is 3.04. The number of aliphatic hydroxyl groups is 1. The normalized spacial score (nSPS) is 18.7. The summed E-state index contributed by atoms with van der Waals surface area (Å²) in [5, 5.41) is 11.1. The van der Waals surface area contributed by atoms with Gasteiger partial charge in [-0.1, -0.05) is 23.2 Å². The quantitative estimate of drug-likeness (QED) is 0.762. The molecule has 0 spiro atoms. The van der Waals surface area contributed by atoms with Crippen molar-refractivity contribution in [2.24, 2.45) is 0 Å². The van der Waals surface area contributed by atoms with Crippen LogP contribution >= 0.6 is 23.2 Å². The molecule has 0 amide bonds. The van der Waals surface area contributed by atoms with Crippen molar-refractivity contribution < 1.29 is 19.0 Å². The lowest BCUT2D eigenvalue weighted by Crippen LogP contribution is -2.35. The number of aliphatic hydroxyl groups excluding tert-OH is 1. The highest BCUT2D eigenvalue weighted by Gasteiger charge is 2.25. The number of likely N-dealkylation sites (tertiary alicyclic amines) is 1. The molecule has 1 fully saturated rings. The van der Waals surface area contributed by atoms with Crippen molar-refractivity contribution in [2.75, 3.05) is 26.2 Å². The Hall–Kier alpha value is -1.53. The maximum Gasteiger partial charge on any atom is 0.123 e. The lowest BCUT2D eigenvalue weighted by molar-refractivity contribution is 0.0720. The van der Waals surface area contributed by atoms with Crippen molar-refractivity contribution >= 4 is 23.2 Å². The van der Waals surface area contributed by atoms with Gasteiger partial charge in [0.15, 0.2) is 0 Å². The van der Waals surface area contributed by atoms with Gasteiger partial charge in [0.25, 0.3) is 0 Å². The molecule has 1 heterocycles. The van der Waals surface area contributed by atoms with Crippen LogP contribution in [0.3, 0.4) is 0 Å². The van der Waals surface area contributed by atoms with E-state index in [1.165, 1.54) is 12.1 Å². The first-order chi connectivity index (χ1) is 12.5. The van der Waals surface area contributed by atoms with Gasteiger partial charge in [0, 0.05) is 25.7 Å². The molecule has 2 unspecified atom stereocenters. The molecule has 2 aromatic carbocycles. The third-order valence-electron chi connectivity index (χ3n) is 4.15. The van der Waals surface area contributed by atoms with Gasteiger partial charge in [-0.25, -0.2) is 4.39 Å². The molecule has 3 rings (SSSR count). The van der Waals surface area contributed by atoms with Crippen molar-refractivity contribution in [2.45, 2.75) is 18.6 Å². The summed E-state index contributed by atoms with van der Waals surface area (Å²) in [6.45, 7) is 2.19. The summed E-state index contributed by atoms with van der Waals surface area (Å²) in [6, 6.07) is 10.9. The average molecular weight is 400 g/mol. The largest absolute Gasteiger partial charge is 0.491 e. The Morgan fingerprint density at radius 1 is 1.12 bits per heavy atom. The van der Waals surface area contributed by atoms with Crippen LogP contribution in [0.15, 0.2) is 42.5 Å². The van der Waals surface area contributed by atoms with Gasteiger partial charge in [-0.15, -0.1) is 0 Å². The van der Waals surface area contributed by atoms with Gasteiger partial charge in [0.2, 0.25) is 0 Å². The Labute approximate surface area is 162 Å². The van der Waals surface area contributed by atoms with Crippen LogP contribution < -0.4 is 9.47 Å². The van der Waals surface area contributed by atoms with E-state index in [9.17, 15) is 9.50 Å². The fourth-order valence-corrected chi connectivity index (χ4v) is 3.16. The first kappa shape index (κ1) is 19.2. The second kappa shape index (κ2) is 8.91. The van der Waals surface area contributed by atoms with Gasteiger partial charge >= 0.3 is 0 Å². The fraction of sp³-hybridized carbons (Fsp3) is 0.368. The Morgan fingerprint density at radius 3 is 2.58 bits per heavy atom. The van der Waals surface area contributed by atoms with Crippen LogP contribution in [0.5, 0.6) is 11.5 Å². The number of halogens is 3. The summed E-state index contributed by atoms with van der Waals surface area (Å²) in [4.78, 5) is 2.13. The fourth-order valence-electron chi connectivity index (χ4n) is 2.88. The standard InChI is InChI=1S/C19H20Cl2FNO3/c20-18-6-5-16(9-19(18)21)26-17-7-8-23(11-17)10-14(24)12-25-15-3-1-13(22)2-4-15/h1-6,9,14,17,24H,7-8,10-12H2. The number of ether oxygens (including phenoxy) is 2. The zero-order chi connectivity index (χ0) is 18.5. The predicted octanol–water partition coefficient (Wildman–Crippen LogP) is 4.03. The van der Waals surface area contributed by atoms with E-state index in [2.05, 4.69) is 4.90 Å². The third-order valence-corrected chi connectivity index (χ3v) is 4.89. The van der Waals surface area contributed by atoms with E-state index >= 15 is 0 Å². The first-order valence-corrected chi connectivity index (χ1v) is 9.15. The predicted molar refractivity (Wildman–Crippen MR) is 99.8 cm³/mol. The highest BCUT2D eigenvalue weighted by atomic mass is 35.5. The molecule has 26 heavy (non-hydrogen) atoms. The van der Waals surface area contributed by atoms with E-state index in [1.807, 2.05) is 0 Å². The lowest BCUT2D eigenvalue weighted by Gasteiger charge is -2.20. The third kappa shape index (κ3) is 5.48. The Kier molecular flexibility index (Phi) is 6.59. The molecule has 0 bridgehead atoms. The van der Waals surface area contributed by atoms with Gasteiger partial charge in [-0.3, -0.25) is 4.90 Å². The molecule has 0 saturated carbocycles. The summed E-state index contributed by atoms with van der Waals surface area (Å²) in [5.74, 6) is 0.905. The summed E-state index contributed by atoms with van der Waals surface area (Å²) < 4.78 is 24.3. The van der Waals surface area contributed by atoms with E-state index in [-0.39, 0.29) is 18.5 Å². The molecule has 1 aliphatic rings. The molecule has 2 atom stereocenters. The number of rotatable bonds is 7. The molecule has 7 heteroatoms. The van der Waals surface area contributed by atoms with Gasteiger partial charge in [-0.05, 0) is 42.8 Å². The number of benzene rings is 2. The molecule has 2 aromatic rings. The molecule has 1 saturated heterocycles. The molecular weight excluding hydrogens is 380 g/mol. The van der Waals surface area contributed by atoms with Crippen LogP contribution in [-0.4, -0.2) is 48.5 Å². The molecule has 1 N–H and O–H groups in total. The van der Waals surface area contributed by atoms with Gasteiger partial charge in [-0.2, -0.15) is 0 Å². The van der Waals surface area contributed by atoms with Crippen LogP contribution in [0.4, 0.5) is 4.39 Å². The maximum absolute atomic E-state index is 12.9. The Bertz CT molecular complexity index is 729. The highest BCUT2D eigenvalue weighted by Crippen LogP contribution is 2.28.